The minimum Gasteiger partial charge on any atom is -0.452 e. The normalized spacial score (nSPS) is 13.2. The summed E-state index contributed by atoms with van der Waals surface area (Å²) in [4.78, 5) is 26.4. The number of aromatic nitrogens is 2. The third-order valence-electron chi connectivity index (χ3n) is 5.77. The molecule has 1 amide bonds. The molecule has 0 atom stereocenters. The first-order valence-electron chi connectivity index (χ1n) is 10.9. The van der Waals surface area contributed by atoms with Crippen LogP contribution in [0.1, 0.15) is 33.5 Å². The molecule has 3 aromatic rings. The molecule has 6 nitrogen and oxygen atoms in total. The second-order valence-electron chi connectivity index (χ2n) is 8.21. The SMILES string of the molecule is Cc1ccc(Cn2nc(C)c(/C=C\C(=O)OCC(=O)N3CCc4ccccc4C3)c2Cl)cc1. The van der Waals surface area contributed by atoms with Gasteiger partial charge >= 0.3 is 5.97 Å². The van der Waals surface area contributed by atoms with Gasteiger partial charge in [-0.15, -0.1) is 0 Å². The molecule has 33 heavy (non-hydrogen) atoms. The number of esters is 1. The van der Waals surface area contributed by atoms with Gasteiger partial charge in [0, 0.05) is 24.7 Å². The molecule has 1 aromatic heterocycles. The standard InChI is InChI=1S/C26H26ClN3O3/c1-18-7-9-20(10-8-18)15-30-26(27)23(19(2)28-30)11-12-25(32)33-17-24(31)29-14-13-21-5-3-4-6-22(21)16-29/h3-12H,13-17H2,1-2H3/b12-11-. The van der Waals surface area contributed by atoms with E-state index >= 15 is 0 Å². The Hall–Kier alpha value is -3.38. The second-order valence-corrected chi connectivity index (χ2v) is 8.57. The number of nitrogens with zero attached hydrogens (tertiary/aromatic N) is 3. The van der Waals surface area contributed by atoms with Gasteiger partial charge < -0.3 is 9.64 Å². The van der Waals surface area contributed by atoms with E-state index in [4.69, 9.17) is 16.3 Å². The van der Waals surface area contributed by atoms with Crippen LogP contribution in [0.3, 0.4) is 0 Å². The van der Waals surface area contributed by atoms with Gasteiger partial charge in [-0.1, -0.05) is 65.7 Å². The third-order valence-corrected chi connectivity index (χ3v) is 6.17. The van der Waals surface area contributed by atoms with Gasteiger partial charge in [-0.05, 0) is 43.0 Å². The van der Waals surface area contributed by atoms with E-state index in [9.17, 15) is 9.59 Å². The minimum atomic E-state index is -0.595. The molecule has 0 spiro atoms. The molecule has 0 unspecified atom stereocenters. The number of hydrogen-bond acceptors (Lipinski definition) is 4. The highest BCUT2D eigenvalue weighted by atomic mass is 35.5. The molecule has 7 heteroatoms. The van der Waals surface area contributed by atoms with Gasteiger partial charge in [-0.2, -0.15) is 5.10 Å². The van der Waals surface area contributed by atoms with E-state index in [1.807, 2.05) is 56.3 Å². The molecule has 0 bridgehead atoms. The summed E-state index contributed by atoms with van der Waals surface area (Å²) in [5.74, 6) is -0.797. The summed E-state index contributed by atoms with van der Waals surface area (Å²) in [6.07, 6.45) is 3.67. The van der Waals surface area contributed by atoms with Crippen molar-refractivity contribution < 1.29 is 14.3 Å². The number of aryl methyl sites for hydroxylation is 2. The molecule has 4 rings (SSSR count). The molecular weight excluding hydrogens is 438 g/mol. The van der Waals surface area contributed by atoms with Crippen LogP contribution in [0.2, 0.25) is 5.15 Å². The first-order valence-corrected chi connectivity index (χ1v) is 11.3. The number of hydrogen-bond donors (Lipinski definition) is 0. The molecule has 0 aliphatic carbocycles. The van der Waals surface area contributed by atoms with E-state index in [2.05, 4.69) is 11.2 Å². The van der Waals surface area contributed by atoms with Gasteiger partial charge in [-0.25, -0.2) is 9.48 Å². The summed E-state index contributed by atoms with van der Waals surface area (Å²) in [5, 5.41) is 4.92. The Kier molecular flexibility index (Phi) is 6.94. The Balaban J connectivity index is 1.33. The van der Waals surface area contributed by atoms with Crippen LogP contribution in [-0.4, -0.2) is 39.7 Å². The van der Waals surface area contributed by atoms with E-state index in [0.717, 1.165) is 17.5 Å². The lowest BCUT2D eigenvalue weighted by molar-refractivity contribution is -0.148. The maximum atomic E-state index is 12.5. The summed E-state index contributed by atoms with van der Waals surface area (Å²) in [6.45, 7) is 5.28. The largest absolute Gasteiger partial charge is 0.452 e. The van der Waals surface area contributed by atoms with E-state index in [-0.39, 0.29) is 12.5 Å². The number of rotatable bonds is 6. The molecule has 0 radical (unpaired) electrons. The summed E-state index contributed by atoms with van der Waals surface area (Å²) in [5.41, 5.74) is 6.03. The lowest BCUT2D eigenvalue weighted by atomic mass is 10.00. The van der Waals surface area contributed by atoms with Crippen molar-refractivity contribution in [2.45, 2.75) is 33.4 Å². The smallest absolute Gasteiger partial charge is 0.331 e. The summed E-state index contributed by atoms with van der Waals surface area (Å²) in [6, 6.07) is 16.2. The maximum absolute atomic E-state index is 12.5. The highest BCUT2D eigenvalue weighted by Crippen LogP contribution is 2.23. The van der Waals surface area contributed by atoms with Gasteiger partial charge in [0.15, 0.2) is 6.61 Å². The van der Waals surface area contributed by atoms with Crippen molar-refractivity contribution >= 4 is 29.6 Å². The van der Waals surface area contributed by atoms with Crippen LogP contribution in [0.15, 0.2) is 54.6 Å². The number of carbonyl (C=O) groups excluding carboxylic acids is 2. The summed E-state index contributed by atoms with van der Waals surface area (Å²) in [7, 11) is 0. The number of fused-ring (bicyclic) bond motifs is 1. The summed E-state index contributed by atoms with van der Waals surface area (Å²) < 4.78 is 6.87. The summed E-state index contributed by atoms with van der Waals surface area (Å²) >= 11 is 6.50. The molecule has 0 N–H and O–H groups in total. The van der Waals surface area contributed by atoms with Crippen LogP contribution in [-0.2, 0) is 33.8 Å². The van der Waals surface area contributed by atoms with E-state index in [0.29, 0.717) is 36.0 Å². The number of halogens is 1. The molecule has 2 aromatic carbocycles. The van der Waals surface area contributed by atoms with E-state index in [1.54, 1.807) is 15.7 Å². The zero-order chi connectivity index (χ0) is 23.4. The Bertz CT molecular complexity index is 1200. The van der Waals surface area contributed by atoms with Crippen LogP contribution in [0.4, 0.5) is 0 Å². The molecule has 170 valence electrons. The average molecular weight is 464 g/mol. The van der Waals surface area contributed by atoms with Gasteiger partial charge in [0.05, 0.1) is 12.2 Å². The van der Waals surface area contributed by atoms with Crippen LogP contribution in [0.25, 0.3) is 6.08 Å². The predicted molar refractivity (Wildman–Crippen MR) is 128 cm³/mol. The number of ether oxygens (including phenoxy) is 1. The molecule has 0 saturated heterocycles. The predicted octanol–water partition coefficient (Wildman–Crippen LogP) is 4.34. The lowest BCUT2D eigenvalue weighted by Crippen LogP contribution is -2.38. The lowest BCUT2D eigenvalue weighted by Gasteiger charge is -2.28. The Morgan fingerprint density at radius 2 is 1.82 bits per heavy atom. The highest BCUT2D eigenvalue weighted by molar-refractivity contribution is 6.31. The number of benzene rings is 2. The molecule has 1 aliphatic heterocycles. The fourth-order valence-corrected chi connectivity index (χ4v) is 4.16. The van der Waals surface area contributed by atoms with Gasteiger partial charge in [-0.3, -0.25) is 4.79 Å². The molecule has 1 aliphatic rings. The fourth-order valence-electron chi connectivity index (χ4n) is 3.86. The van der Waals surface area contributed by atoms with Crippen molar-refractivity contribution in [3.8, 4) is 0 Å². The second kappa shape index (κ2) is 10.0. The van der Waals surface area contributed by atoms with E-state index in [1.165, 1.54) is 17.2 Å². The monoisotopic (exact) mass is 463 g/mol. The van der Waals surface area contributed by atoms with Crippen molar-refractivity contribution in [2.75, 3.05) is 13.2 Å². The number of amides is 1. The first-order chi connectivity index (χ1) is 15.9. The van der Waals surface area contributed by atoms with Crippen LogP contribution < -0.4 is 0 Å². The Morgan fingerprint density at radius 1 is 1.09 bits per heavy atom. The Morgan fingerprint density at radius 3 is 2.58 bits per heavy atom. The zero-order valence-corrected chi connectivity index (χ0v) is 19.5. The maximum Gasteiger partial charge on any atom is 0.331 e. The van der Waals surface area contributed by atoms with Crippen molar-refractivity contribution in [3.05, 3.63) is 93.3 Å². The van der Waals surface area contributed by atoms with Gasteiger partial charge in [0.25, 0.3) is 5.91 Å². The van der Waals surface area contributed by atoms with Crippen molar-refractivity contribution in [1.29, 1.82) is 0 Å². The number of carbonyl (C=O) groups is 2. The molecule has 2 heterocycles. The van der Waals surface area contributed by atoms with Gasteiger partial charge in [0.2, 0.25) is 0 Å². The van der Waals surface area contributed by atoms with E-state index < -0.39 is 5.97 Å². The first kappa shape index (κ1) is 22.8. The molecular formula is C26H26ClN3O3. The van der Waals surface area contributed by atoms with Crippen LogP contribution >= 0.6 is 11.6 Å². The molecule has 0 fully saturated rings. The zero-order valence-electron chi connectivity index (χ0n) is 18.8. The average Bonchev–Trinajstić information content (AvgIpc) is 3.09. The van der Waals surface area contributed by atoms with Crippen molar-refractivity contribution in [2.24, 2.45) is 0 Å². The van der Waals surface area contributed by atoms with Gasteiger partial charge in [0.1, 0.15) is 5.15 Å². The quantitative estimate of drug-likeness (QED) is 0.403. The fraction of sp³-hybridized carbons (Fsp3) is 0.269. The topological polar surface area (TPSA) is 64.4 Å². The molecule has 0 saturated carbocycles. The third kappa shape index (κ3) is 5.52. The van der Waals surface area contributed by atoms with Crippen molar-refractivity contribution in [1.82, 2.24) is 14.7 Å². The van der Waals surface area contributed by atoms with Crippen LogP contribution in [0, 0.1) is 13.8 Å². The Labute approximate surface area is 198 Å². The minimum absolute atomic E-state index is 0.202. The highest BCUT2D eigenvalue weighted by Gasteiger charge is 2.21. The van der Waals surface area contributed by atoms with Crippen molar-refractivity contribution in [3.63, 3.8) is 0 Å². The van der Waals surface area contributed by atoms with Crippen LogP contribution in [0.5, 0.6) is 0 Å².